The summed E-state index contributed by atoms with van der Waals surface area (Å²) in [5.41, 5.74) is 0. The van der Waals surface area contributed by atoms with E-state index < -0.39 is 0 Å². The highest BCUT2D eigenvalue weighted by atomic mass is 19.1. The van der Waals surface area contributed by atoms with Gasteiger partial charge in [0.05, 0.1) is 0 Å². The van der Waals surface area contributed by atoms with Gasteiger partial charge in [-0.2, -0.15) is 0 Å². The molecule has 0 aromatic carbocycles. The SMILES string of the molecule is CCCCCCCCC[CH]F. The van der Waals surface area contributed by atoms with Crippen LogP contribution in [-0.2, 0) is 0 Å². The molecule has 0 bridgehead atoms. The van der Waals surface area contributed by atoms with E-state index in [4.69, 9.17) is 0 Å². The van der Waals surface area contributed by atoms with E-state index in [1.54, 1.807) is 0 Å². The Labute approximate surface area is 70.2 Å². The largest absolute Gasteiger partial charge is 0.244 e. The second kappa shape index (κ2) is 9.93. The van der Waals surface area contributed by atoms with Crippen LogP contribution in [0.2, 0.25) is 0 Å². The Balaban J connectivity index is 2.69. The van der Waals surface area contributed by atoms with Crippen molar-refractivity contribution in [2.75, 3.05) is 0 Å². The zero-order chi connectivity index (χ0) is 8.36. The average molecular weight is 159 g/mol. The predicted octanol–water partition coefficient (Wildman–Crippen LogP) is 4.26. The van der Waals surface area contributed by atoms with E-state index in [2.05, 4.69) is 6.92 Å². The molecule has 0 amide bonds. The Bertz CT molecular complexity index is 53.9. The summed E-state index contributed by atoms with van der Waals surface area (Å²) in [6.45, 7) is 2.99. The molecule has 1 heteroatoms. The highest BCUT2D eigenvalue weighted by Gasteiger charge is 1.90. The summed E-state index contributed by atoms with van der Waals surface area (Å²) in [7, 11) is 0. The van der Waals surface area contributed by atoms with E-state index in [1.165, 1.54) is 38.5 Å². The van der Waals surface area contributed by atoms with Gasteiger partial charge in [0.1, 0.15) is 6.67 Å². The zero-order valence-electron chi connectivity index (χ0n) is 7.61. The van der Waals surface area contributed by atoms with Gasteiger partial charge in [0, 0.05) is 0 Å². The maximum Gasteiger partial charge on any atom is 0.131 e. The molecule has 0 fully saturated rings. The molecule has 0 aromatic rings. The Kier molecular flexibility index (Phi) is 9.87. The van der Waals surface area contributed by atoms with Gasteiger partial charge in [-0.15, -0.1) is 0 Å². The molecule has 0 aliphatic rings. The maximum absolute atomic E-state index is 11.5. The van der Waals surface area contributed by atoms with Gasteiger partial charge < -0.3 is 0 Å². The molecule has 11 heavy (non-hydrogen) atoms. The summed E-state index contributed by atoms with van der Waals surface area (Å²) in [6.07, 6.45) is 9.51. The summed E-state index contributed by atoms with van der Waals surface area (Å²) in [6, 6.07) is 0. The van der Waals surface area contributed by atoms with Gasteiger partial charge in [0.25, 0.3) is 0 Å². The number of halogens is 1. The molecule has 0 nitrogen and oxygen atoms in total. The summed E-state index contributed by atoms with van der Waals surface area (Å²) < 4.78 is 11.5. The van der Waals surface area contributed by atoms with Crippen molar-refractivity contribution in [3.63, 3.8) is 0 Å². The van der Waals surface area contributed by atoms with Crippen LogP contribution in [0.4, 0.5) is 4.39 Å². The van der Waals surface area contributed by atoms with Crippen molar-refractivity contribution in [2.45, 2.75) is 58.3 Å². The van der Waals surface area contributed by atoms with Gasteiger partial charge in [0.15, 0.2) is 0 Å². The normalized spacial score (nSPS) is 10.4. The van der Waals surface area contributed by atoms with E-state index in [0.29, 0.717) is 6.42 Å². The Morgan fingerprint density at radius 3 is 2.00 bits per heavy atom. The number of rotatable bonds is 8. The van der Waals surface area contributed by atoms with Crippen LogP contribution in [0.5, 0.6) is 0 Å². The molecule has 0 saturated carbocycles. The maximum atomic E-state index is 11.5. The Morgan fingerprint density at radius 2 is 1.45 bits per heavy atom. The molecule has 0 aromatic heterocycles. The summed E-state index contributed by atoms with van der Waals surface area (Å²) in [5, 5.41) is 0. The topological polar surface area (TPSA) is 0 Å². The standard InChI is InChI=1S/C10H20F/c1-2-3-4-5-6-7-8-9-10-11/h10H,2-9H2,1H3. The highest BCUT2D eigenvalue weighted by Crippen LogP contribution is 2.08. The lowest BCUT2D eigenvalue weighted by atomic mass is 10.1. The third-order valence-electron chi connectivity index (χ3n) is 1.92. The van der Waals surface area contributed by atoms with E-state index in [-0.39, 0.29) is 0 Å². The van der Waals surface area contributed by atoms with E-state index in [9.17, 15) is 4.39 Å². The predicted molar refractivity (Wildman–Crippen MR) is 48.0 cm³/mol. The smallest absolute Gasteiger partial charge is 0.131 e. The van der Waals surface area contributed by atoms with E-state index >= 15 is 0 Å². The number of hydrogen-bond acceptors (Lipinski definition) is 0. The van der Waals surface area contributed by atoms with E-state index in [0.717, 1.165) is 13.1 Å². The number of hydrogen-bond donors (Lipinski definition) is 0. The second-order valence-corrected chi connectivity index (χ2v) is 3.06. The van der Waals surface area contributed by atoms with Crippen molar-refractivity contribution in [3.05, 3.63) is 6.67 Å². The lowest BCUT2D eigenvalue weighted by Crippen LogP contribution is -1.79. The van der Waals surface area contributed by atoms with Crippen LogP contribution in [0.25, 0.3) is 0 Å². The molecule has 1 radical (unpaired) electrons. The molecule has 0 saturated heterocycles. The first-order valence-electron chi connectivity index (χ1n) is 4.83. The third kappa shape index (κ3) is 9.93. The molecule has 0 aliphatic carbocycles. The summed E-state index contributed by atoms with van der Waals surface area (Å²) >= 11 is 0. The van der Waals surface area contributed by atoms with Crippen molar-refractivity contribution in [1.82, 2.24) is 0 Å². The second-order valence-electron chi connectivity index (χ2n) is 3.06. The lowest BCUT2D eigenvalue weighted by molar-refractivity contribution is 0.529. The molecular weight excluding hydrogens is 139 g/mol. The lowest BCUT2D eigenvalue weighted by Gasteiger charge is -1.98. The fourth-order valence-corrected chi connectivity index (χ4v) is 1.18. The van der Waals surface area contributed by atoms with Crippen LogP contribution in [0.3, 0.4) is 0 Å². The first-order valence-corrected chi connectivity index (χ1v) is 4.83. The van der Waals surface area contributed by atoms with Gasteiger partial charge in [-0.05, 0) is 6.42 Å². The monoisotopic (exact) mass is 159 g/mol. The summed E-state index contributed by atoms with van der Waals surface area (Å²) in [5.74, 6) is 0. The van der Waals surface area contributed by atoms with Gasteiger partial charge in [-0.1, -0.05) is 51.9 Å². The Hall–Kier alpha value is -0.0700. The first-order chi connectivity index (χ1) is 5.41. The van der Waals surface area contributed by atoms with Crippen LogP contribution in [-0.4, -0.2) is 0 Å². The van der Waals surface area contributed by atoms with Crippen molar-refractivity contribution < 1.29 is 4.39 Å². The minimum Gasteiger partial charge on any atom is -0.244 e. The van der Waals surface area contributed by atoms with Crippen LogP contribution in [0.1, 0.15) is 58.3 Å². The van der Waals surface area contributed by atoms with Gasteiger partial charge in [0.2, 0.25) is 0 Å². The van der Waals surface area contributed by atoms with Gasteiger partial charge >= 0.3 is 0 Å². The molecule has 0 rings (SSSR count). The third-order valence-corrected chi connectivity index (χ3v) is 1.92. The molecule has 0 heterocycles. The van der Waals surface area contributed by atoms with Gasteiger partial charge in [-0.3, -0.25) is 0 Å². The fourth-order valence-electron chi connectivity index (χ4n) is 1.18. The highest BCUT2D eigenvalue weighted by molar-refractivity contribution is 4.49. The van der Waals surface area contributed by atoms with Crippen LogP contribution in [0, 0.1) is 6.67 Å². The Morgan fingerprint density at radius 1 is 0.909 bits per heavy atom. The molecule has 0 aliphatic heterocycles. The molecule has 0 spiro atoms. The van der Waals surface area contributed by atoms with E-state index in [1.807, 2.05) is 0 Å². The quantitative estimate of drug-likeness (QED) is 0.464. The average Bonchev–Trinajstić information content (AvgIpc) is 2.03. The van der Waals surface area contributed by atoms with Crippen molar-refractivity contribution >= 4 is 0 Å². The molecule has 0 atom stereocenters. The number of unbranched alkanes of at least 4 members (excludes halogenated alkanes) is 7. The minimum absolute atomic E-state index is 0.647. The minimum atomic E-state index is 0.647. The van der Waals surface area contributed by atoms with Crippen molar-refractivity contribution in [3.8, 4) is 0 Å². The van der Waals surface area contributed by atoms with Crippen LogP contribution in [0.15, 0.2) is 0 Å². The fraction of sp³-hybridized carbons (Fsp3) is 0.900. The zero-order valence-corrected chi connectivity index (χ0v) is 7.61. The molecule has 0 N–H and O–H groups in total. The molecular formula is C10H20F. The molecule has 67 valence electrons. The summed E-state index contributed by atoms with van der Waals surface area (Å²) in [4.78, 5) is 0. The van der Waals surface area contributed by atoms with Crippen molar-refractivity contribution in [2.24, 2.45) is 0 Å². The van der Waals surface area contributed by atoms with Crippen LogP contribution < -0.4 is 0 Å². The van der Waals surface area contributed by atoms with Crippen molar-refractivity contribution in [1.29, 1.82) is 0 Å². The first kappa shape index (κ1) is 10.9. The van der Waals surface area contributed by atoms with Crippen LogP contribution >= 0.6 is 0 Å². The molecule has 0 unspecified atom stereocenters. The van der Waals surface area contributed by atoms with Gasteiger partial charge in [-0.25, -0.2) is 4.39 Å².